The van der Waals surface area contributed by atoms with Crippen LogP contribution in [0.4, 0.5) is 10.5 Å². The third-order valence-electron chi connectivity index (χ3n) is 2.59. The first-order valence-corrected chi connectivity index (χ1v) is 6.33. The number of carbonyl (C=O) groups is 1. The van der Waals surface area contributed by atoms with Crippen molar-refractivity contribution in [2.75, 3.05) is 4.90 Å². The molecule has 4 heteroatoms. The van der Waals surface area contributed by atoms with Crippen molar-refractivity contribution in [3.63, 3.8) is 0 Å². The first-order chi connectivity index (χ1) is 8.68. The monoisotopic (exact) mass is 304 g/mol. The van der Waals surface area contributed by atoms with Crippen molar-refractivity contribution >= 4 is 27.6 Å². The molecule has 0 radical (unpaired) electrons. The number of para-hydroxylation sites is 1. The molecule has 0 aliphatic rings. The number of benzene rings is 2. The fourth-order valence-corrected chi connectivity index (χ4v) is 2.22. The molecule has 0 spiro atoms. The van der Waals surface area contributed by atoms with E-state index in [1.165, 1.54) is 0 Å². The molecule has 2 amide bonds. The number of hydrogen-bond donors (Lipinski definition) is 1. The van der Waals surface area contributed by atoms with E-state index in [0.29, 0.717) is 6.54 Å². The fourth-order valence-electron chi connectivity index (χ4n) is 1.72. The van der Waals surface area contributed by atoms with Crippen molar-refractivity contribution in [3.8, 4) is 0 Å². The second-order valence-corrected chi connectivity index (χ2v) is 4.72. The summed E-state index contributed by atoms with van der Waals surface area (Å²) in [6.07, 6.45) is 0. The molecule has 18 heavy (non-hydrogen) atoms. The molecule has 92 valence electrons. The van der Waals surface area contributed by atoms with E-state index in [4.69, 9.17) is 5.73 Å². The topological polar surface area (TPSA) is 46.3 Å². The zero-order chi connectivity index (χ0) is 13.0. The lowest BCUT2D eigenvalue weighted by atomic mass is 10.2. The Morgan fingerprint density at radius 3 is 2.28 bits per heavy atom. The van der Waals surface area contributed by atoms with Gasteiger partial charge in [-0.3, -0.25) is 4.90 Å². The minimum absolute atomic E-state index is 0.457. The fraction of sp³-hybridized carbons (Fsp3) is 0.0714. The van der Waals surface area contributed by atoms with Gasteiger partial charge in [-0.25, -0.2) is 4.79 Å². The number of urea groups is 1. The molecule has 2 rings (SSSR count). The summed E-state index contributed by atoms with van der Waals surface area (Å²) in [5, 5.41) is 0. The van der Waals surface area contributed by atoms with E-state index >= 15 is 0 Å². The van der Waals surface area contributed by atoms with Crippen LogP contribution >= 0.6 is 15.9 Å². The second kappa shape index (κ2) is 5.69. The molecule has 0 bridgehead atoms. The molecule has 0 unspecified atom stereocenters. The molecule has 0 saturated carbocycles. The van der Waals surface area contributed by atoms with Gasteiger partial charge in [0, 0.05) is 4.47 Å². The maximum Gasteiger partial charge on any atom is 0.319 e. The van der Waals surface area contributed by atoms with Gasteiger partial charge >= 0.3 is 6.03 Å². The number of carbonyl (C=O) groups excluding carboxylic acids is 1. The lowest BCUT2D eigenvalue weighted by Crippen LogP contribution is -2.35. The van der Waals surface area contributed by atoms with E-state index in [1.54, 1.807) is 4.90 Å². The Morgan fingerprint density at radius 1 is 1.06 bits per heavy atom. The van der Waals surface area contributed by atoms with Gasteiger partial charge in [0.1, 0.15) is 0 Å². The van der Waals surface area contributed by atoms with Crippen LogP contribution in [0.1, 0.15) is 5.56 Å². The Labute approximate surface area is 114 Å². The smallest absolute Gasteiger partial charge is 0.319 e. The number of hydrogen-bond acceptors (Lipinski definition) is 1. The average molecular weight is 305 g/mol. The van der Waals surface area contributed by atoms with Gasteiger partial charge in [-0.05, 0) is 33.6 Å². The molecule has 0 aliphatic heterocycles. The molecule has 2 aromatic rings. The van der Waals surface area contributed by atoms with Crippen LogP contribution in [0.15, 0.2) is 59.1 Å². The lowest BCUT2D eigenvalue weighted by Gasteiger charge is -2.21. The minimum Gasteiger partial charge on any atom is -0.351 e. The number of amides is 2. The first kappa shape index (κ1) is 12.6. The van der Waals surface area contributed by atoms with Crippen molar-refractivity contribution in [1.29, 1.82) is 0 Å². The average Bonchev–Trinajstić information content (AvgIpc) is 2.38. The van der Waals surface area contributed by atoms with Crippen molar-refractivity contribution in [2.45, 2.75) is 6.54 Å². The van der Waals surface area contributed by atoms with Crippen LogP contribution in [0, 0.1) is 0 Å². The van der Waals surface area contributed by atoms with Gasteiger partial charge in [-0.1, -0.05) is 42.5 Å². The van der Waals surface area contributed by atoms with Crippen molar-refractivity contribution in [1.82, 2.24) is 0 Å². The summed E-state index contributed by atoms with van der Waals surface area (Å²) >= 11 is 3.43. The Morgan fingerprint density at radius 2 is 1.67 bits per heavy atom. The number of nitrogens with two attached hydrogens (primary N) is 1. The van der Waals surface area contributed by atoms with Gasteiger partial charge < -0.3 is 5.73 Å². The van der Waals surface area contributed by atoms with Crippen LogP contribution < -0.4 is 10.6 Å². The zero-order valence-electron chi connectivity index (χ0n) is 9.71. The third-order valence-corrected chi connectivity index (χ3v) is 3.26. The van der Waals surface area contributed by atoms with Crippen LogP contribution in [-0.4, -0.2) is 6.03 Å². The minimum atomic E-state index is -0.467. The standard InChI is InChI=1S/C14H13BrN2O/c15-12-8-4-5-9-13(12)17(14(16)18)10-11-6-2-1-3-7-11/h1-9H,10H2,(H2,16,18). The quantitative estimate of drug-likeness (QED) is 0.926. The van der Waals surface area contributed by atoms with Crippen LogP contribution in [0.3, 0.4) is 0 Å². The van der Waals surface area contributed by atoms with Gasteiger partial charge in [0.05, 0.1) is 12.2 Å². The molecule has 0 atom stereocenters. The molecule has 0 saturated heterocycles. The molecular formula is C14H13BrN2O. The molecular weight excluding hydrogens is 292 g/mol. The molecule has 0 aliphatic carbocycles. The highest BCUT2D eigenvalue weighted by atomic mass is 79.9. The summed E-state index contributed by atoms with van der Waals surface area (Å²) in [4.78, 5) is 13.1. The molecule has 0 heterocycles. The maximum absolute atomic E-state index is 11.6. The van der Waals surface area contributed by atoms with Gasteiger partial charge in [0.2, 0.25) is 0 Å². The third kappa shape index (κ3) is 2.90. The SMILES string of the molecule is NC(=O)N(Cc1ccccc1)c1ccccc1Br. The highest BCUT2D eigenvalue weighted by molar-refractivity contribution is 9.10. The summed E-state index contributed by atoms with van der Waals surface area (Å²) < 4.78 is 0.847. The van der Waals surface area contributed by atoms with Crippen LogP contribution in [-0.2, 0) is 6.54 Å². The van der Waals surface area contributed by atoms with Gasteiger partial charge in [0.25, 0.3) is 0 Å². The lowest BCUT2D eigenvalue weighted by molar-refractivity contribution is 0.253. The highest BCUT2D eigenvalue weighted by Crippen LogP contribution is 2.26. The van der Waals surface area contributed by atoms with Gasteiger partial charge in [-0.15, -0.1) is 0 Å². The predicted molar refractivity (Wildman–Crippen MR) is 76.4 cm³/mol. The largest absolute Gasteiger partial charge is 0.351 e. The summed E-state index contributed by atoms with van der Waals surface area (Å²) in [5.74, 6) is 0. The molecule has 0 fully saturated rings. The molecule has 2 N–H and O–H groups in total. The van der Waals surface area contributed by atoms with Crippen LogP contribution in [0.2, 0.25) is 0 Å². The van der Waals surface area contributed by atoms with Crippen LogP contribution in [0.25, 0.3) is 0 Å². The van der Waals surface area contributed by atoms with E-state index in [-0.39, 0.29) is 0 Å². The summed E-state index contributed by atoms with van der Waals surface area (Å²) in [5.41, 5.74) is 7.26. The number of nitrogens with zero attached hydrogens (tertiary/aromatic N) is 1. The van der Waals surface area contributed by atoms with Gasteiger partial charge in [0.15, 0.2) is 0 Å². The second-order valence-electron chi connectivity index (χ2n) is 3.86. The van der Waals surface area contributed by atoms with Gasteiger partial charge in [-0.2, -0.15) is 0 Å². The molecule has 0 aromatic heterocycles. The van der Waals surface area contributed by atoms with E-state index < -0.39 is 6.03 Å². The first-order valence-electron chi connectivity index (χ1n) is 5.54. The summed E-state index contributed by atoms with van der Waals surface area (Å²) in [7, 11) is 0. The van der Waals surface area contributed by atoms with Crippen molar-refractivity contribution in [2.24, 2.45) is 5.73 Å². The van der Waals surface area contributed by atoms with Crippen molar-refractivity contribution in [3.05, 3.63) is 64.6 Å². The number of anilines is 1. The molecule has 3 nitrogen and oxygen atoms in total. The normalized spacial score (nSPS) is 10.1. The number of halogens is 1. The number of primary amides is 1. The van der Waals surface area contributed by atoms with Crippen molar-refractivity contribution < 1.29 is 4.79 Å². The highest BCUT2D eigenvalue weighted by Gasteiger charge is 2.15. The number of rotatable bonds is 3. The Balaban J connectivity index is 2.30. The van der Waals surface area contributed by atoms with Crippen LogP contribution in [0.5, 0.6) is 0 Å². The predicted octanol–water partition coefficient (Wildman–Crippen LogP) is 3.53. The van der Waals surface area contributed by atoms with E-state index in [9.17, 15) is 4.79 Å². The Bertz CT molecular complexity index is 543. The van der Waals surface area contributed by atoms with E-state index in [2.05, 4.69) is 15.9 Å². The molecule has 2 aromatic carbocycles. The summed E-state index contributed by atoms with van der Waals surface area (Å²) in [6, 6.07) is 16.8. The Hall–Kier alpha value is -1.81. The maximum atomic E-state index is 11.6. The van der Waals surface area contributed by atoms with E-state index in [1.807, 2.05) is 54.6 Å². The zero-order valence-corrected chi connectivity index (χ0v) is 11.3. The van der Waals surface area contributed by atoms with E-state index in [0.717, 1.165) is 15.7 Å². The Kier molecular flexibility index (Phi) is 3.99. The summed E-state index contributed by atoms with van der Waals surface area (Å²) in [6.45, 7) is 0.457.